The van der Waals surface area contributed by atoms with Crippen LogP contribution in [0.3, 0.4) is 0 Å². The molecule has 1 aromatic heterocycles. The van der Waals surface area contributed by atoms with Gasteiger partial charge in [-0.15, -0.1) is 0 Å². The van der Waals surface area contributed by atoms with Gasteiger partial charge in [-0.25, -0.2) is 8.78 Å². The normalized spacial score (nSPS) is 26.6. The quantitative estimate of drug-likeness (QED) is 0.773. The van der Waals surface area contributed by atoms with Crippen molar-refractivity contribution in [3.63, 3.8) is 0 Å². The third kappa shape index (κ3) is 2.13. The highest BCUT2D eigenvalue weighted by Gasteiger charge is 2.27. The summed E-state index contributed by atoms with van der Waals surface area (Å²) in [6.07, 6.45) is 1.35. The molecule has 1 aliphatic rings. The Kier molecular flexibility index (Phi) is 2.93. The Morgan fingerprint density at radius 2 is 2.00 bits per heavy atom. The number of aromatic nitrogens is 1. The molecule has 3 nitrogen and oxygen atoms in total. The fraction of sp³-hybridized carbons (Fsp3) is 0.500. The molecular weight excluding hydrogens is 204 g/mol. The molecule has 0 amide bonds. The Bertz CT molecular complexity index is 339. The van der Waals surface area contributed by atoms with Crippen LogP contribution in [0.2, 0.25) is 0 Å². The third-order valence-corrected chi connectivity index (χ3v) is 2.47. The summed E-state index contributed by atoms with van der Waals surface area (Å²) in [7, 11) is 0. The minimum Gasteiger partial charge on any atom is -0.393 e. The van der Waals surface area contributed by atoms with Gasteiger partial charge in [0.05, 0.1) is 30.2 Å². The fourth-order valence-electron chi connectivity index (χ4n) is 1.71. The number of rotatable bonds is 1. The van der Waals surface area contributed by atoms with Crippen LogP contribution < -0.4 is 0 Å². The molecule has 0 aromatic carbocycles. The predicted octanol–water partition coefficient (Wildman–Crippen LogP) is 1.57. The zero-order chi connectivity index (χ0) is 10.8. The second-order valence-corrected chi connectivity index (χ2v) is 3.55. The van der Waals surface area contributed by atoms with E-state index in [1.54, 1.807) is 0 Å². The molecule has 1 fully saturated rings. The molecule has 1 aromatic rings. The van der Waals surface area contributed by atoms with Crippen LogP contribution in [0, 0.1) is 11.6 Å². The topological polar surface area (TPSA) is 42.4 Å². The van der Waals surface area contributed by atoms with Crippen LogP contribution in [0.25, 0.3) is 0 Å². The summed E-state index contributed by atoms with van der Waals surface area (Å²) < 4.78 is 31.8. The molecule has 5 heteroatoms. The Labute approximate surface area is 85.7 Å². The van der Waals surface area contributed by atoms with E-state index in [1.807, 2.05) is 0 Å². The highest BCUT2D eigenvalue weighted by Crippen LogP contribution is 2.30. The molecule has 0 bridgehead atoms. The first-order chi connectivity index (χ1) is 7.18. The lowest BCUT2D eigenvalue weighted by Gasteiger charge is -2.27. The van der Waals surface area contributed by atoms with Crippen molar-refractivity contribution in [2.45, 2.75) is 25.0 Å². The molecule has 0 aliphatic carbocycles. The lowest BCUT2D eigenvalue weighted by atomic mass is 9.99. The predicted molar refractivity (Wildman–Crippen MR) is 48.1 cm³/mol. The number of ether oxygens (including phenoxy) is 1. The Morgan fingerprint density at radius 3 is 2.60 bits per heavy atom. The molecule has 2 rings (SSSR count). The SMILES string of the molecule is OC1CCOC(c2c(F)cncc2F)C1. The van der Waals surface area contributed by atoms with Crippen LogP contribution in [-0.4, -0.2) is 22.8 Å². The van der Waals surface area contributed by atoms with Crippen LogP contribution in [-0.2, 0) is 4.74 Å². The van der Waals surface area contributed by atoms with Gasteiger partial charge in [0.25, 0.3) is 0 Å². The Hall–Kier alpha value is -1.07. The van der Waals surface area contributed by atoms with Crippen LogP contribution in [0.1, 0.15) is 24.5 Å². The summed E-state index contributed by atoms with van der Waals surface area (Å²) in [6, 6.07) is 0. The van der Waals surface area contributed by atoms with E-state index < -0.39 is 23.8 Å². The summed E-state index contributed by atoms with van der Waals surface area (Å²) in [5.41, 5.74) is -0.135. The van der Waals surface area contributed by atoms with Gasteiger partial charge in [-0.3, -0.25) is 4.98 Å². The average Bonchev–Trinajstić information content (AvgIpc) is 2.17. The Balaban J connectivity index is 2.28. The first-order valence-corrected chi connectivity index (χ1v) is 4.77. The minimum atomic E-state index is -0.728. The van der Waals surface area contributed by atoms with E-state index in [0.717, 1.165) is 12.4 Å². The van der Waals surface area contributed by atoms with E-state index in [4.69, 9.17) is 4.74 Å². The van der Waals surface area contributed by atoms with Gasteiger partial charge in [0, 0.05) is 13.0 Å². The Morgan fingerprint density at radius 1 is 1.33 bits per heavy atom. The van der Waals surface area contributed by atoms with Gasteiger partial charge in [-0.1, -0.05) is 0 Å². The highest BCUT2D eigenvalue weighted by atomic mass is 19.1. The summed E-state index contributed by atoms with van der Waals surface area (Å²) in [6.45, 7) is 0.313. The molecule has 0 spiro atoms. The van der Waals surface area contributed by atoms with E-state index >= 15 is 0 Å². The molecule has 1 aliphatic heterocycles. The van der Waals surface area contributed by atoms with Crippen LogP contribution >= 0.6 is 0 Å². The van der Waals surface area contributed by atoms with Crippen molar-refractivity contribution in [3.8, 4) is 0 Å². The molecule has 1 N–H and O–H groups in total. The molecule has 0 saturated carbocycles. The lowest BCUT2D eigenvalue weighted by molar-refractivity contribution is -0.0476. The number of aliphatic hydroxyl groups is 1. The molecule has 15 heavy (non-hydrogen) atoms. The lowest BCUT2D eigenvalue weighted by Crippen LogP contribution is -2.24. The van der Waals surface area contributed by atoms with Crippen molar-refractivity contribution in [1.82, 2.24) is 4.98 Å². The van der Waals surface area contributed by atoms with E-state index in [0.29, 0.717) is 13.0 Å². The van der Waals surface area contributed by atoms with Crippen molar-refractivity contribution in [2.75, 3.05) is 6.61 Å². The molecular formula is C10H11F2NO2. The average molecular weight is 215 g/mol. The van der Waals surface area contributed by atoms with Gasteiger partial charge in [0.15, 0.2) is 0 Å². The molecule has 2 unspecified atom stereocenters. The largest absolute Gasteiger partial charge is 0.393 e. The van der Waals surface area contributed by atoms with Gasteiger partial charge in [0.1, 0.15) is 11.6 Å². The first kappa shape index (κ1) is 10.4. The number of hydrogen-bond donors (Lipinski definition) is 1. The number of halogens is 2. The van der Waals surface area contributed by atoms with Gasteiger partial charge >= 0.3 is 0 Å². The van der Waals surface area contributed by atoms with Crippen LogP contribution in [0.4, 0.5) is 8.78 Å². The maximum atomic E-state index is 13.3. The fourth-order valence-corrected chi connectivity index (χ4v) is 1.71. The highest BCUT2D eigenvalue weighted by molar-refractivity contribution is 5.18. The molecule has 2 atom stereocenters. The molecule has 1 saturated heterocycles. The minimum absolute atomic E-state index is 0.135. The monoisotopic (exact) mass is 215 g/mol. The molecule has 0 radical (unpaired) electrons. The smallest absolute Gasteiger partial charge is 0.150 e. The number of pyridine rings is 1. The van der Waals surface area contributed by atoms with Crippen molar-refractivity contribution in [3.05, 3.63) is 29.6 Å². The van der Waals surface area contributed by atoms with E-state index in [9.17, 15) is 13.9 Å². The number of nitrogens with zero attached hydrogens (tertiary/aromatic N) is 1. The summed E-state index contributed by atoms with van der Waals surface area (Å²) in [5.74, 6) is -1.46. The molecule has 2 heterocycles. The second kappa shape index (κ2) is 4.20. The zero-order valence-electron chi connectivity index (χ0n) is 7.99. The number of hydrogen-bond acceptors (Lipinski definition) is 3. The third-order valence-electron chi connectivity index (χ3n) is 2.47. The molecule has 82 valence electrons. The summed E-state index contributed by atoms with van der Waals surface area (Å²) in [4.78, 5) is 3.39. The van der Waals surface area contributed by atoms with Gasteiger partial charge in [-0.05, 0) is 6.42 Å². The maximum absolute atomic E-state index is 13.3. The second-order valence-electron chi connectivity index (χ2n) is 3.55. The zero-order valence-corrected chi connectivity index (χ0v) is 7.99. The number of aliphatic hydroxyl groups excluding tert-OH is 1. The van der Waals surface area contributed by atoms with E-state index in [-0.39, 0.29) is 12.0 Å². The van der Waals surface area contributed by atoms with Crippen molar-refractivity contribution < 1.29 is 18.6 Å². The van der Waals surface area contributed by atoms with Crippen molar-refractivity contribution >= 4 is 0 Å². The van der Waals surface area contributed by atoms with Crippen LogP contribution in [0.5, 0.6) is 0 Å². The van der Waals surface area contributed by atoms with Crippen molar-refractivity contribution in [1.29, 1.82) is 0 Å². The maximum Gasteiger partial charge on any atom is 0.150 e. The van der Waals surface area contributed by atoms with Gasteiger partial charge in [0.2, 0.25) is 0 Å². The van der Waals surface area contributed by atoms with Gasteiger partial charge < -0.3 is 9.84 Å². The van der Waals surface area contributed by atoms with Gasteiger partial charge in [-0.2, -0.15) is 0 Å². The summed E-state index contributed by atoms with van der Waals surface area (Å²) >= 11 is 0. The standard InChI is InChI=1S/C10H11F2NO2/c11-7-4-13-5-8(12)10(7)9-3-6(14)1-2-15-9/h4-6,9,14H,1-3H2. The van der Waals surface area contributed by atoms with Crippen LogP contribution in [0.15, 0.2) is 12.4 Å². The first-order valence-electron chi connectivity index (χ1n) is 4.77. The van der Waals surface area contributed by atoms with Crippen molar-refractivity contribution in [2.24, 2.45) is 0 Å². The van der Waals surface area contributed by atoms with E-state index in [1.165, 1.54) is 0 Å². The van der Waals surface area contributed by atoms with E-state index in [2.05, 4.69) is 4.98 Å². The summed E-state index contributed by atoms with van der Waals surface area (Å²) in [5, 5.41) is 9.38.